The van der Waals surface area contributed by atoms with Crippen LogP contribution >= 0.6 is 0 Å². The summed E-state index contributed by atoms with van der Waals surface area (Å²) in [5, 5.41) is 6.35. The van der Waals surface area contributed by atoms with Gasteiger partial charge >= 0.3 is 0 Å². The third kappa shape index (κ3) is 9.40. The van der Waals surface area contributed by atoms with Crippen molar-refractivity contribution in [2.24, 2.45) is 10.9 Å². The lowest BCUT2D eigenvalue weighted by molar-refractivity contribution is -0.128. The van der Waals surface area contributed by atoms with E-state index >= 15 is 0 Å². The van der Waals surface area contributed by atoms with E-state index in [-0.39, 0.29) is 5.91 Å². The predicted octanol–water partition coefficient (Wildman–Crippen LogP) is 0.463. The van der Waals surface area contributed by atoms with Crippen molar-refractivity contribution in [3.63, 3.8) is 0 Å². The van der Waals surface area contributed by atoms with Crippen LogP contribution < -0.4 is 10.6 Å². The quantitative estimate of drug-likeness (QED) is 0.346. The Morgan fingerprint density at radius 2 is 2.22 bits per heavy atom. The molecule has 0 saturated carbocycles. The summed E-state index contributed by atoms with van der Waals surface area (Å²) in [5.41, 5.74) is 0. The van der Waals surface area contributed by atoms with Crippen molar-refractivity contribution >= 4 is 11.9 Å². The molecule has 1 rings (SSSR count). The van der Waals surface area contributed by atoms with Crippen LogP contribution in [0, 0.1) is 5.92 Å². The van der Waals surface area contributed by atoms with Gasteiger partial charge in [-0.3, -0.25) is 9.79 Å². The first-order valence-corrected chi connectivity index (χ1v) is 8.51. The van der Waals surface area contributed by atoms with Crippen molar-refractivity contribution in [3.05, 3.63) is 0 Å². The molecule has 0 radical (unpaired) electrons. The Morgan fingerprint density at radius 3 is 2.87 bits per heavy atom. The number of aliphatic imine (C=N–C) groups is 1. The number of amides is 1. The molecule has 2 N–H and O–H groups in total. The molecule has 0 aromatic rings. The second-order valence-corrected chi connectivity index (χ2v) is 5.88. The maximum absolute atomic E-state index is 11.5. The lowest BCUT2D eigenvalue weighted by Crippen LogP contribution is -2.39. The minimum atomic E-state index is 0.109. The lowest BCUT2D eigenvalue weighted by Gasteiger charge is -2.13. The van der Waals surface area contributed by atoms with Gasteiger partial charge in [0.15, 0.2) is 5.96 Å². The van der Waals surface area contributed by atoms with Crippen molar-refractivity contribution in [1.82, 2.24) is 15.5 Å². The summed E-state index contributed by atoms with van der Waals surface area (Å²) in [4.78, 5) is 17.6. The zero-order chi connectivity index (χ0) is 16.9. The molecule has 7 nitrogen and oxygen atoms in total. The SMILES string of the molecule is CCNC(=NCCCOCC1CCOC1)NCCC(=O)N(C)C. The molecule has 1 aliphatic heterocycles. The zero-order valence-electron chi connectivity index (χ0n) is 14.8. The van der Waals surface area contributed by atoms with Crippen LogP contribution in [0.3, 0.4) is 0 Å². The molecule has 1 heterocycles. The molecule has 0 aliphatic carbocycles. The Morgan fingerprint density at radius 1 is 1.39 bits per heavy atom. The van der Waals surface area contributed by atoms with Gasteiger partial charge in [0.05, 0.1) is 13.2 Å². The van der Waals surface area contributed by atoms with Gasteiger partial charge in [0.2, 0.25) is 5.91 Å². The fourth-order valence-corrected chi connectivity index (χ4v) is 2.18. The highest BCUT2D eigenvalue weighted by molar-refractivity contribution is 5.81. The number of nitrogens with zero attached hydrogens (tertiary/aromatic N) is 2. The normalized spacial score (nSPS) is 18.0. The molecule has 0 aromatic heterocycles. The van der Waals surface area contributed by atoms with Gasteiger partial charge in [-0.1, -0.05) is 0 Å². The monoisotopic (exact) mass is 328 g/mol. The van der Waals surface area contributed by atoms with E-state index in [4.69, 9.17) is 9.47 Å². The first-order valence-electron chi connectivity index (χ1n) is 8.51. The first kappa shape index (κ1) is 19.7. The predicted molar refractivity (Wildman–Crippen MR) is 91.7 cm³/mol. The molecule has 1 fully saturated rings. The van der Waals surface area contributed by atoms with E-state index < -0.39 is 0 Å². The second kappa shape index (κ2) is 12.1. The Kier molecular flexibility index (Phi) is 10.4. The van der Waals surface area contributed by atoms with E-state index in [1.54, 1.807) is 19.0 Å². The van der Waals surface area contributed by atoms with Gasteiger partial charge in [0.25, 0.3) is 0 Å². The minimum Gasteiger partial charge on any atom is -0.381 e. The first-order chi connectivity index (χ1) is 11.1. The number of carbonyl (C=O) groups is 1. The molecular weight excluding hydrogens is 296 g/mol. The molecular formula is C16H32N4O3. The van der Waals surface area contributed by atoms with E-state index in [9.17, 15) is 4.79 Å². The maximum Gasteiger partial charge on any atom is 0.223 e. The maximum atomic E-state index is 11.5. The minimum absolute atomic E-state index is 0.109. The van der Waals surface area contributed by atoms with Crippen LogP contribution in [0.15, 0.2) is 4.99 Å². The van der Waals surface area contributed by atoms with Crippen LogP contribution in [0.1, 0.15) is 26.2 Å². The molecule has 0 spiro atoms. The van der Waals surface area contributed by atoms with Gasteiger partial charge in [-0.25, -0.2) is 0 Å². The number of hydrogen-bond donors (Lipinski definition) is 2. The molecule has 1 aliphatic rings. The van der Waals surface area contributed by atoms with Crippen molar-refractivity contribution in [1.29, 1.82) is 0 Å². The van der Waals surface area contributed by atoms with Crippen molar-refractivity contribution < 1.29 is 14.3 Å². The molecule has 7 heteroatoms. The van der Waals surface area contributed by atoms with Crippen LogP contribution in [0.25, 0.3) is 0 Å². The van der Waals surface area contributed by atoms with Crippen molar-refractivity contribution in [2.45, 2.75) is 26.2 Å². The molecule has 0 aromatic carbocycles. The lowest BCUT2D eigenvalue weighted by atomic mass is 10.1. The van der Waals surface area contributed by atoms with Gasteiger partial charge in [-0.2, -0.15) is 0 Å². The van der Waals surface area contributed by atoms with Gasteiger partial charge in [-0.15, -0.1) is 0 Å². The van der Waals surface area contributed by atoms with Crippen LogP contribution in [0.5, 0.6) is 0 Å². The molecule has 1 atom stereocenters. The summed E-state index contributed by atoms with van der Waals surface area (Å²) < 4.78 is 11.0. The number of guanidine groups is 1. The highest BCUT2D eigenvalue weighted by Crippen LogP contribution is 2.12. The van der Waals surface area contributed by atoms with E-state index in [1.807, 2.05) is 6.92 Å². The van der Waals surface area contributed by atoms with Crippen LogP contribution in [0.4, 0.5) is 0 Å². The highest BCUT2D eigenvalue weighted by Gasteiger charge is 2.15. The van der Waals surface area contributed by atoms with Crippen molar-refractivity contribution in [3.8, 4) is 0 Å². The summed E-state index contributed by atoms with van der Waals surface area (Å²) >= 11 is 0. The molecule has 1 saturated heterocycles. The fourth-order valence-electron chi connectivity index (χ4n) is 2.18. The van der Waals surface area contributed by atoms with Gasteiger partial charge in [-0.05, 0) is 19.8 Å². The number of ether oxygens (including phenoxy) is 2. The van der Waals surface area contributed by atoms with E-state index in [1.165, 1.54) is 0 Å². The van der Waals surface area contributed by atoms with Crippen LogP contribution in [-0.2, 0) is 14.3 Å². The Hall–Kier alpha value is -1.34. The largest absolute Gasteiger partial charge is 0.381 e. The summed E-state index contributed by atoms with van der Waals surface area (Å²) in [7, 11) is 3.53. The summed E-state index contributed by atoms with van der Waals surface area (Å²) in [6.07, 6.45) is 2.46. The number of carbonyl (C=O) groups excluding carboxylic acids is 1. The summed E-state index contributed by atoms with van der Waals surface area (Å²) in [6.45, 7) is 7.32. The molecule has 134 valence electrons. The van der Waals surface area contributed by atoms with Gasteiger partial charge in [0, 0.05) is 59.3 Å². The molecule has 1 unspecified atom stereocenters. The number of hydrogen-bond acceptors (Lipinski definition) is 4. The third-order valence-corrected chi connectivity index (χ3v) is 3.57. The average molecular weight is 328 g/mol. The molecule has 1 amide bonds. The second-order valence-electron chi connectivity index (χ2n) is 5.88. The summed E-state index contributed by atoms with van der Waals surface area (Å²) in [5.74, 6) is 1.42. The van der Waals surface area contributed by atoms with E-state index in [2.05, 4.69) is 15.6 Å². The zero-order valence-corrected chi connectivity index (χ0v) is 14.8. The van der Waals surface area contributed by atoms with Crippen LogP contribution in [0.2, 0.25) is 0 Å². The average Bonchev–Trinajstić information content (AvgIpc) is 3.03. The smallest absolute Gasteiger partial charge is 0.223 e. The van der Waals surface area contributed by atoms with Gasteiger partial charge < -0.3 is 25.0 Å². The standard InChI is InChI=1S/C16H32N4O3/c1-4-17-16(19-9-6-15(21)20(2)3)18-8-5-10-22-12-14-7-11-23-13-14/h14H,4-13H2,1-3H3,(H2,17,18,19). The Balaban J connectivity index is 2.11. The fraction of sp³-hybridized carbons (Fsp3) is 0.875. The highest BCUT2D eigenvalue weighted by atomic mass is 16.5. The number of nitrogens with one attached hydrogen (secondary N) is 2. The van der Waals surface area contributed by atoms with Crippen LogP contribution in [-0.4, -0.2) is 76.9 Å². The summed E-state index contributed by atoms with van der Waals surface area (Å²) in [6, 6.07) is 0. The molecule has 23 heavy (non-hydrogen) atoms. The number of rotatable bonds is 10. The molecule has 0 bridgehead atoms. The van der Waals surface area contributed by atoms with E-state index in [0.29, 0.717) is 25.4 Å². The van der Waals surface area contributed by atoms with Gasteiger partial charge in [0.1, 0.15) is 0 Å². The topological polar surface area (TPSA) is 75.2 Å². The van der Waals surface area contributed by atoms with Crippen molar-refractivity contribution in [2.75, 3.05) is 60.2 Å². The van der Waals surface area contributed by atoms with E-state index in [0.717, 1.165) is 51.8 Å². The Bertz CT molecular complexity index is 355. The third-order valence-electron chi connectivity index (χ3n) is 3.57. The Labute approximate surface area is 139 Å².